The fourth-order valence-corrected chi connectivity index (χ4v) is 3.55. The molecule has 0 spiro atoms. The van der Waals surface area contributed by atoms with Gasteiger partial charge in [-0.05, 0) is 56.6 Å². The van der Waals surface area contributed by atoms with Crippen molar-refractivity contribution in [2.75, 3.05) is 18.1 Å². The molecule has 2 heteroatoms. The Morgan fingerprint density at radius 2 is 2.12 bits per heavy atom. The third-order valence-electron chi connectivity index (χ3n) is 3.25. The van der Waals surface area contributed by atoms with Gasteiger partial charge in [0, 0.05) is 12.5 Å². The maximum absolute atomic E-state index is 3.61. The zero-order chi connectivity index (χ0) is 11.6. The summed E-state index contributed by atoms with van der Waals surface area (Å²) in [6.07, 6.45) is 6.48. The Bertz CT molecular complexity index is 223. The summed E-state index contributed by atoms with van der Waals surface area (Å²) in [6, 6.07) is 0.693. The Kier molecular flexibility index (Phi) is 7.80. The van der Waals surface area contributed by atoms with Crippen LogP contribution < -0.4 is 5.32 Å². The molecule has 1 unspecified atom stereocenters. The lowest BCUT2D eigenvalue weighted by Gasteiger charge is -2.26. The SMILES string of the molecule is CC#CCCC(CC1CCSCC1)NCC. The topological polar surface area (TPSA) is 12.0 Å². The highest BCUT2D eigenvalue weighted by Crippen LogP contribution is 2.27. The van der Waals surface area contributed by atoms with Crippen molar-refractivity contribution in [1.82, 2.24) is 5.32 Å². The van der Waals surface area contributed by atoms with E-state index >= 15 is 0 Å². The Hall–Kier alpha value is -0.130. The van der Waals surface area contributed by atoms with Crippen molar-refractivity contribution < 1.29 is 0 Å². The molecule has 1 N–H and O–H groups in total. The minimum absolute atomic E-state index is 0.693. The minimum atomic E-state index is 0.693. The van der Waals surface area contributed by atoms with Gasteiger partial charge in [-0.1, -0.05) is 6.92 Å². The van der Waals surface area contributed by atoms with Crippen LogP contribution in [0.2, 0.25) is 0 Å². The van der Waals surface area contributed by atoms with E-state index in [0.717, 1.165) is 18.9 Å². The molecule has 0 saturated carbocycles. The summed E-state index contributed by atoms with van der Waals surface area (Å²) in [5, 5.41) is 3.61. The lowest BCUT2D eigenvalue weighted by molar-refractivity contribution is 0.357. The first kappa shape index (κ1) is 13.9. The molecule has 1 aliphatic heterocycles. The van der Waals surface area contributed by atoms with Crippen LogP contribution in [0.15, 0.2) is 0 Å². The van der Waals surface area contributed by atoms with E-state index in [9.17, 15) is 0 Å². The van der Waals surface area contributed by atoms with Crippen molar-refractivity contribution in [2.24, 2.45) is 5.92 Å². The molecule has 16 heavy (non-hydrogen) atoms. The largest absolute Gasteiger partial charge is 0.314 e. The third kappa shape index (κ3) is 5.82. The fourth-order valence-electron chi connectivity index (χ4n) is 2.35. The normalized spacial score (nSPS) is 18.9. The summed E-state index contributed by atoms with van der Waals surface area (Å²) in [6.45, 7) is 5.22. The molecule has 0 aliphatic carbocycles. The lowest BCUT2D eigenvalue weighted by Crippen LogP contribution is -2.31. The number of rotatable bonds is 6. The van der Waals surface area contributed by atoms with E-state index in [1.165, 1.54) is 37.2 Å². The summed E-state index contributed by atoms with van der Waals surface area (Å²) in [7, 11) is 0. The van der Waals surface area contributed by atoms with Crippen LogP contribution in [0, 0.1) is 17.8 Å². The van der Waals surface area contributed by atoms with Gasteiger partial charge in [-0.15, -0.1) is 11.8 Å². The Labute approximate surface area is 105 Å². The van der Waals surface area contributed by atoms with Crippen molar-refractivity contribution in [1.29, 1.82) is 0 Å². The van der Waals surface area contributed by atoms with Crippen LogP contribution in [0.25, 0.3) is 0 Å². The molecule has 0 aromatic carbocycles. The van der Waals surface area contributed by atoms with Crippen LogP contribution in [0.5, 0.6) is 0 Å². The van der Waals surface area contributed by atoms with E-state index in [2.05, 4.69) is 35.8 Å². The van der Waals surface area contributed by atoms with Gasteiger partial charge in [-0.3, -0.25) is 0 Å². The van der Waals surface area contributed by atoms with Crippen LogP contribution in [-0.2, 0) is 0 Å². The molecule has 0 amide bonds. The van der Waals surface area contributed by atoms with Crippen molar-refractivity contribution >= 4 is 11.8 Å². The summed E-state index contributed by atoms with van der Waals surface area (Å²) in [5.74, 6) is 9.87. The van der Waals surface area contributed by atoms with Gasteiger partial charge in [0.1, 0.15) is 0 Å². The molecule has 1 rings (SSSR count). The highest BCUT2D eigenvalue weighted by molar-refractivity contribution is 7.99. The molecule has 1 fully saturated rings. The lowest BCUT2D eigenvalue weighted by atomic mass is 9.92. The quantitative estimate of drug-likeness (QED) is 0.714. The van der Waals surface area contributed by atoms with Gasteiger partial charge < -0.3 is 5.32 Å². The molecule has 1 atom stereocenters. The van der Waals surface area contributed by atoms with E-state index in [-0.39, 0.29) is 0 Å². The summed E-state index contributed by atoms with van der Waals surface area (Å²) in [5.41, 5.74) is 0. The second kappa shape index (κ2) is 8.96. The average molecular weight is 239 g/mol. The molecule has 0 bridgehead atoms. The molecular formula is C14H25NS. The summed E-state index contributed by atoms with van der Waals surface area (Å²) < 4.78 is 0. The average Bonchev–Trinajstić information content (AvgIpc) is 2.31. The monoisotopic (exact) mass is 239 g/mol. The van der Waals surface area contributed by atoms with Crippen LogP contribution in [-0.4, -0.2) is 24.1 Å². The first-order chi connectivity index (χ1) is 7.86. The number of nitrogens with one attached hydrogen (secondary N) is 1. The summed E-state index contributed by atoms with van der Waals surface area (Å²) >= 11 is 2.12. The fraction of sp³-hybridized carbons (Fsp3) is 0.857. The van der Waals surface area contributed by atoms with Crippen molar-refractivity contribution in [2.45, 2.75) is 52.0 Å². The third-order valence-corrected chi connectivity index (χ3v) is 4.29. The smallest absolute Gasteiger partial charge is 0.0103 e. The zero-order valence-corrected chi connectivity index (χ0v) is 11.5. The van der Waals surface area contributed by atoms with Crippen LogP contribution in [0.1, 0.15) is 46.0 Å². The minimum Gasteiger partial charge on any atom is -0.314 e. The number of thioether (sulfide) groups is 1. The predicted molar refractivity (Wildman–Crippen MR) is 74.8 cm³/mol. The van der Waals surface area contributed by atoms with Gasteiger partial charge in [0.25, 0.3) is 0 Å². The number of hydrogen-bond donors (Lipinski definition) is 1. The van der Waals surface area contributed by atoms with Crippen LogP contribution in [0.3, 0.4) is 0 Å². The second-order valence-electron chi connectivity index (χ2n) is 4.51. The first-order valence-electron chi connectivity index (χ1n) is 6.57. The van der Waals surface area contributed by atoms with Gasteiger partial charge in [-0.2, -0.15) is 11.8 Å². The number of hydrogen-bond acceptors (Lipinski definition) is 2. The Morgan fingerprint density at radius 1 is 1.38 bits per heavy atom. The van der Waals surface area contributed by atoms with Gasteiger partial charge in [0.15, 0.2) is 0 Å². The molecule has 0 aromatic rings. The molecule has 1 aliphatic rings. The van der Waals surface area contributed by atoms with E-state index in [0.29, 0.717) is 6.04 Å². The van der Waals surface area contributed by atoms with Crippen molar-refractivity contribution in [3.63, 3.8) is 0 Å². The van der Waals surface area contributed by atoms with E-state index < -0.39 is 0 Å². The van der Waals surface area contributed by atoms with Gasteiger partial charge in [-0.25, -0.2) is 0 Å². The molecular weight excluding hydrogens is 214 g/mol. The predicted octanol–water partition coefficient (Wildman–Crippen LogP) is 3.30. The molecule has 92 valence electrons. The molecule has 1 heterocycles. The first-order valence-corrected chi connectivity index (χ1v) is 7.73. The van der Waals surface area contributed by atoms with Gasteiger partial charge in [0.2, 0.25) is 0 Å². The maximum atomic E-state index is 3.61. The molecule has 1 saturated heterocycles. The highest BCUT2D eigenvalue weighted by atomic mass is 32.2. The molecule has 1 nitrogen and oxygen atoms in total. The van der Waals surface area contributed by atoms with Crippen molar-refractivity contribution in [3.8, 4) is 11.8 Å². The second-order valence-corrected chi connectivity index (χ2v) is 5.74. The van der Waals surface area contributed by atoms with E-state index in [4.69, 9.17) is 0 Å². The van der Waals surface area contributed by atoms with Gasteiger partial charge >= 0.3 is 0 Å². The Balaban J connectivity index is 2.26. The van der Waals surface area contributed by atoms with E-state index in [1.807, 2.05) is 6.92 Å². The summed E-state index contributed by atoms with van der Waals surface area (Å²) in [4.78, 5) is 0. The molecule has 0 aromatic heterocycles. The van der Waals surface area contributed by atoms with Crippen molar-refractivity contribution in [3.05, 3.63) is 0 Å². The highest BCUT2D eigenvalue weighted by Gasteiger charge is 2.18. The Morgan fingerprint density at radius 3 is 2.75 bits per heavy atom. The maximum Gasteiger partial charge on any atom is 0.0103 e. The van der Waals surface area contributed by atoms with Gasteiger partial charge in [0.05, 0.1) is 0 Å². The zero-order valence-electron chi connectivity index (χ0n) is 10.7. The van der Waals surface area contributed by atoms with E-state index in [1.54, 1.807) is 0 Å². The standard InChI is InChI=1S/C14H25NS/c1-3-5-6-7-14(15-4-2)12-13-8-10-16-11-9-13/h13-15H,4,6-12H2,1-2H3. The van der Waals surface area contributed by atoms with Crippen LogP contribution >= 0.6 is 11.8 Å². The van der Waals surface area contributed by atoms with Crippen LogP contribution in [0.4, 0.5) is 0 Å². The molecule has 0 radical (unpaired) electrons.